The van der Waals surface area contributed by atoms with Crippen LogP contribution < -0.4 is 9.46 Å². The Labute approximate surface area is 154 Å². The third-order valence-corrected chi connectivity index (χ3v) is 5.81. The van der Waals surface area contributed by atoms with E-state index in [0.717, 1.165) is 48.2 Å². The van der Waals surface area contributed by atoms with Crippen molar-refractivity contribution in [3.05, 3.63) is 58.6 Å². The molecular formula is C17H15ClF3NO3S. The second-order valence-corrected chi connectivity index (χ2v) is 8.08. The number of ether oxygens (including phenoxy) is 1. The number of sulfonamides is 1. The molecule has 0 aromatic heterocycles. The highest BCUT2D eigenvalue weighted by Gasteiger charge is 2.31. The molecule has 0 spiro atoms. The Morgan fingerprint density at radius 1 is 1.12 bits per heavy atom. The van der Waals surface area contributed by atoms with Crippen LogP contribution >= 0.6 is 11.6 Å². The normalized spacial score (nSPS) is 17.6. The maximum absolute atomic E-state index is 12.6. The Hall–Kier alpha value is -1.77. The van der Waals surface area contributed by atoms with Crippen LogP contribution in [0.3, 0.4) is 0 Å². The number of alkyl halides is 3. The van der Waals surface area contributed by atoms with Gasteiger partial charge in [0.05, 0.1) is 4.90 Å². The average Bonchev–Trinajstić information content (AvgIpc) is 2.53. The van der Waals surface area contributed by atoms with E-state index in [0.29, 0.717) is 11.4 Å². The molecule has 9 heteroatoms. The highest BCUT2D eigenvalue weighted by molar-refractivity contribution is 7.89. The van der Waals surface area contributed by atoms with Crippen molar-refractivity contribution in [2.24, 2.45) is 0 Å². The zero-order valence-corrected chi connectivity index (χ0v) is 15.0. The summed E-state index contributed by atoms with van der Waals surface area (Å²) in [6.07, 6.45) is -2.58. The van der Waals surface area contributed by atoms with Gasteiger partial charge in [-0.25, -0.2) is 13.1 Å². The van der Waals surface area contributed by atoms with Gasteiger partial charge in [0.1, 0.15) is 5.75 Å². The quantitative estimate of drug-likeness (QED) is 0.809. The van der Waals surface area contributed by atoms with Crippen LogP contribution in [0.5, 0.6) is 5.75 Å². The van der Waals surface area contributed by atoms with E-state index in [1.165, 1.54) is 0 Å². The lowest BCUT2D eigenvalue weighted by molar-refractivity contribution is -0.274. The van der Waals surface area contributed by atoms with E-state index in [4.69, 9.17) is 11.6 Å². The minimum Gasteiger partial charge on any atom is -0.406 e. The number of hydrogen-bond acceptors (Lipinski definition) is 3. The third kappa shape index (κ3) is 4.49. The number of nitrogens with one attached hydrogen (secondary N) is 1. The molecule has 4 nitrogen and oxygen atoms in total. The molecule has 1 unspecified atom stereocenters. The van der Waals surface area contributed by atoms with Crippen LogP contribution in [0.1, 0.15) is 30.0 Å². The Balaban J connectivity index is 1.80. The van der Waals surface area contributed by atoms with Gasteiger partial charge in [0.25, 0.3) is 0 Å². The lowest BCUT2D eigenvalue weighted by Gasteiger charge is -2.26. The maximum atomic E-state index is 12.6. The smallest absolute Gasteiger partial charge is 0.406 e. The van der Waals surface area contributed by atoms with Crippen molar-refractivity contribution < 1.29 is 26.3 Å². The number of halogens is 4. The summed E-state index contributed by atoms with van der Waals surface area (Å²) in [6.45, 7) is 0. The fraction of sp³-hybridized carbons (Fsp3) is 0.294. The Kier molecular flexibility index (Phi) is 5.18. The molecule has 26 heavy (non-hydrogen) atoms. The SMILES string of the molecule is O=S(=O)(NC1CCCc2cc(Cl)ccc21)c1ccc(OC(F)(F)F)cc1. The van der Waals surface area contributed by atoms with Crippen molar-refractivity contribution in [3.63, 3.8) is 0 Å². The number of fused-ring (bicyclic) bond motifs is 1. The summed E-state index contributed by atoms with van der Waals surface area (Å²) >= 11 is 5.98. The van der Waals surface area contributed by atoms with Crippen LogP contribution in [0.2, 0.25) is 5.02 Å². The summed E-state index contributed by atoms with van der Waals surface area (Å²) in [6, 6.07) is 9.01. The van der Waals surface area contributed by atoms with Crippen LogP contribution in [0.4, 0.5) is 13.2 Å². The second-order valence-electron chi connectivity index (χ2n) is 5.93. The minimum absolute atomic E-state index is 0.131. The van der Waals surface area contributed by atoms with Gasteiger partial charge in [0.2, 0.25) is 10.0 Å². The van der Waals surface area contributed by atoms with Gasteiger partial charge in [-0.15, -0.1) is 13.2 Å². The van der Waals surface area contributed by atoms with Crippen molar-refractivity contribution in [1.82, 2.24) is 4.72 Å². The van der Waals surface area contributed by atoms with Gasteiger partial charge in [0.15, 0.2) is 0 Å². The van der Waals surface area contributed by atoms with Crippen LogP contribution in [0.15, 0.2) is 47.4 Å². The number of hydrogen-bond donors (Lipinski definition) is 1. The van der Waals surface area contributed by atoms with Gasteiger partial charge < -0.3 is 4.74 Å². The Bertz CT molecular complexity index is 898. The lowest BCUT2D eigenvalue weighted by atomic mass is 9.88. The Morgan fingerprint density at radius 3 is 2.46 bits per heavy atom. The highest BCUT2D eigenvalue weighted by atomic mass is 35.5. The molecule has 2 aromatic rings. The van der Waals surface area contributed by atoms with Gasteiger partial charge in [-0.1, -0.05) is 17.7 Å². The first-order valence-electron chi connectivity index (χ1n) is 7.80. The lowest BCUT2D eigenvalue weighted by Crippen LogP contribution is -2.31. The molecule has 0 saturated carbocycles. The Morgan fingerprint density at radius 2 is 1.81 bits per heavy atom. The van der Waals surface area contributed by atoms with Crippen molar-refractivity contribution in [1.29, 1.82) is 0 Å². The van der Waals surface area contributed by atoms with Gasteiger partial charge in [-0.05, 0) is 66.8 Å². The van der Waals surface area contributed by atoms with E-state index in [1.807, 2.05) is 6.07 Å². The average molecular weight is 406 g/mol. The van der Waals surface area contributed by atoms with Gasteiger partial charge in [-0.3, -0.25) is 0 Å². The van der Waals surface area contributed by atoms with Gasteiger partial charge >= 0.3 is 6.36 Å². The first-order valence-corrected chi connectivity index (χ1v) is 9.67. The molecule has 0 amide bonds. The van der Waals surface area contributed by atoms with E-state index in [9.17, 15) is 21.6 Å². The summed E-state index contributed by atoms with van der Waals surface area (Å²) in [7, 11) is -3.89. The number of rotatable bonds is 4. The number of benzene rings is 2. The molecule has 0 radical (unpaired) electrons. The number of aryl methyl sites for hydroxylation is 1. The summed E-state index contributed by atoms with van der Waals surface area (Å²) in [5.74, 6) is -0.478. The first-order chi connectivity index (χ1) is 12.1. The van der Waals surface area contributed by atoms with Crippen LogP contribution in [0.25, 0.3) is 0 Å². The second kappa shape index (κ2) is 7.09. The molecule has 0 aliphatic heterocycles. The summed E-state index contributed by atoms with van der Waals surface area (Å²) in [5.41, 5.74) is 1.85. The molecular weight excluding hydrogens is 391 g/mol. The topological polar surface area (TPSA) is 55.4 Å². The zero-order chi connectivity index (χ0) is 18.9. The molecule has 0 heterocycles. The fourth-order valence-electron chi connectivity index (χ4n) is 2.98. The molecule has 2 aromatic carbocycles. The molecule has 1 aliphatic rings. The highest BCUT2D eigenvalue weighted by Crippen LogP contribution is 2.33. The van der Waals surface area contributed by atoms with Gasteiger partial charge in [-0.2, -0.15) is 0 Å². The van der Waals surface area contributed by atoms with Gasteiger partial charge in [0, 0.05) is 11.1 Å². The molecule has 140 valence electrons. The van der Waals surface area contributed by atoms with E-state index >= 15 is 0 Å². The molecule has 1 atom stereocenters. The van der Waals surface area contributed by atoms with E-state index in [-0.39, 0.29) is 4.90 Å². The molecule has 0 saturated heterocycles. The fourth-order valence-corrected chi connectivity index (χ4v) is 4.43. The summed E-state index contributed by atoms with van der Waals surface area (Å²) in [4.78, 5) is -0.131. The van der Waals surface area contributed by atoms with Crippen molar-refractivity contribution >= 4 is 21.6 Å². The molecule has 0 bridgehead atoms. The predicted octanol–water partition coefficient (Wildman–Crippen LogP) is 4.59. The molecule has 3 rings (SSSR count). The zero-order valence-electron chi connectivity index (χ0n) is 13.4. The monoisotopic (exact) mass is 405 g/mol. The summed E-state index contributed by atoms with van der Waals surface area (Å²) in [5, 5.41) is 0.590. The summed E-state index contributed by atoms with van der Waals surface area (Å²) < 4.78 is 68.1. The third-order valence-electron chi connectivity index (χ3n) is 4.08. The largest absolute Gasteiger partial charge is 0.573 e. The van der Waals surface area contributed by atoms with E-state index in [2.05, 4.69) is 9.46 Å². The van der Waals surface area contributed by atoms with Crippen LogP contribution in [-0.4, -0.2) is 14.8 Å². The van der Waals surface area contributed by atoms with E-state index < -0.39 is 28.2 Å². The minimum atomic E-state index is -4.83. The van der Waals surface area contributed by atoms with Crippen molar-refractivity contribution in [2.45, 2.75) is 36.6 Å². The standard InChI is InChI=1S/C17H15ClF3NO3S/c18-12-4-9-15-11(10-12)2-1-3-16(15)22-26(23,24)14-7-5-13(6-8-14)25-17(19,20)21/h4-10,16,22H,1-3H2. The first kappa shape index (κ1) is 19.0. The van der Waals surface area contributed by atoms with Crippen LogP contribution in [0, 0.1) is 0 Å². The molecule has 1 N–H and O–H groups in total. The van der Waals surface area contributed by atoms with Crippen molar-refractivity contribution in [3.8, 4) is 5.75 Å². The predicted molar refractivity (Wildman–Crippen MR) is 90.6 cm³/mol. The van der Waals surface area contributed by atoms with E-state index in [1.54, 1.807) is 12.1 Å². The van der Waals surface area contributed by atoms with Crippen LogP contribution in [-0.2, 0) is 16.4 Å². The van der Waals surface area contributed by atoms with Crippen molar-refractivity contribution in [2.75, 3.05) is 0 Å². The maximum Gasteiger partial charge on any atom is 0.573 e. The molecule has 0 fully saturated rings. The molecule has 1 aliphatic carbocycles.